The van der Waals surface area contributed by atoms with Crippen molar-refractivity contribution in [2.75, 3.05) is 0 Å². The zero-order valence-electron chi connectivity index (χ0n) is 12.7. The van der Waals surface area contributed by atoms with E-state index in [9.17, 15) is 5.11 Å². The average Bonchev–Trinajstić information content (AvgIpc) is 3.09. The Morgan fingerprint density at radius 2 is 1.29 bits per heavy atom. The van der Waals surface area contributed by atoms with Gasteiger partial charge in [-0.2, -0.15) is 0 Å². The predicted molar refractivity (Wildman–Crippen MR) is 87.7 cm³/mol. The predicted octanol–water partition coefficient (Wildman–Crippen LogP) is 4.56. The summed E-state index contributed by atoms with van der Waals surface area (Å²) in [5.41, 5.74) is 2.85. The molecule has 1 N–H and O–H groups in total. The van der Waals surface area contributed by atoms with Crippen LogP contribution in [-0.4, -0.2) is 10.5 Å². The van der Waals surface area contributed by atoms with Gasteiger partial charge in [-0.3, -0.25) is 0 Å². The number of alkyl halides is 1. The second-order valence-corrected chi connectivity index (χ2v) is 7.06. The summed E-state index contributed by atoms with van der Waals surface area (Å²) >= 11 is 6.38. The third kappa shape index (κ3) is 2.20. The van der Waals surface area contributed by atoms with Crippen LogP contribution in [0.3, 0.4) is 0 Å². The van der Waals surface area contributed by atoms with Gasteiger partial charge in [0.2, 0.25) is 0 Å². The van der Waals surface area contributed by atoms with Crippen molar-refractivity contribution in [2.24, 2.45) is 5.41 Å². The molecule has 110 valence electrons. The topological polar surface area (TPSA) is 20.2 Å². The molecule has 0 spiro atoms. The maximum Gasteiger partial charge on any atom is 0.121 e. The van der Waals surface area contributed by atoms with Crippen molar-refractivity contribution >= 4 is 11.6 Å². The van der Waals surface area contributed by atoms with Crippen molar-refractivity contribution in [1.82, 2.24) is 0 Å². The molecule has 2 aromatic rings. The Hall–Kier alpha value is -1.31. The summed E-state index contributed by atoms with van der Waals surface area (Å²) in [7, 11) is 0. The number of hydrogen-bond acceptors (Lipinski definition) is 1. The zero-order chi connectivity index (χ0) is 15.3. The highest BCUT2D eigenvalue weighted by Crippen LogP contribution is 2.63. The van der Waals surface area contributed by atoms with Crippen molar-refractivity contribution in [3.63, 3.8) is 0 Å². The van der Waals surface area contributed by atoms with Gasteiger partial charge in [-0.15, -0.1) is 11.6 Å². The Labute approximate surface area is 131 Å². The van der Waals surface area contributed by atoms with E-state index in [4.69, 9.17) is 11.6 Å². The smallest absolute Gasteiger partial charge is 0.121 e. The standard InChI is InChI=1S/C19H21ClO/c1-13-4-8-15(9-5-13)19(21,18(3)12-17(18)20)16-10-6-14(2)7-11-16/h4-11,17,21H,12H2,1-3H3/t17-,18+/m0/s1. The molecule has 3 rings (SSSR count). The summed E-state index contributed by atoms with van der Waals surface area (Å²) in [5, 5.41) is 11.6. The summed E-state index contributed by atoms with van der Waals surface area (Å²) in [6.07, 6.45) is 0.826. The van der Waals surface area contributed by atoms with E-state index in [0.717, 1.165) is 17.5 Å². The van der Waals surface area contributed by atoms with Crippen molar-refractivity contribution in [3.05, 3.63) is 70.8 Å². The van der Waals surface area contributed by atoms with Gasteiger partial charge in [-0.1, -0.05) is 66.6 Å². The van der Waals surface area contributed by atoms with Crippen LogP contribution in [0.2, 0.25) is 0 Å². The third-order valence-electron chi connectivity index (χ3n) is 4.90. The molecule has 21 heavy (non-hydrogen) atoms. The van der Waals surface area contributed by atoms with Crippen molar-refractivity contribution in [1.29, 1.82) is 0 Å². The number of benzene rings is 2. The summed E-state index contributed by atoms with van der Waals surface area (Å²) in [6.45, 7) is 6.18. The highest BCUT2D eigenvalue weighted by Gasteiger charge is 2.63. The van der Waals surface area contributed by atoms with Crippen LogP contribution in [-0.2, 0) is 5.60 Å². The molecule has 1 aliphatic carbocycles. The van der Waals surface area contributed by atoms with E-state index in [1.807, 2.05) is 48.5 Å². The van der Waals surface area contributed by atoms with Gasteiger partial charge in [0.05, 0.1) is 0 Å². The van der Waals surface area contributed by atoms with E-state index in [1.54, 1.807) is 0 Å². The Kier molecular flexibility index (Phi) is 3.38. The molecule has 0 radical (unpaired) electrons. The van der Waals surface area contributed by atoms with E-state index in [1.165, 1.54) is 11.1 Å². The maximum absolute atomic E-state index is 11.6. The van der Waals surface area contributed by atoms with Gasteiger partial charge in [0, 0.05) is 10.8 Å². The molecule has 0 aromatic heterocycles. The summed E-state index contributed by atoms with van der Waals surface area (Å²) < 4.78 is 0. The highest BCUT2D eigenvalue weighted by atomic mass is 35.5. The fraction of sp³-hybridized carbons (Fsp3) is 0.368. The third-order valence-corrected chi connectivity index (χ3v) is 5.54. The Morgan fingerprint density at radius 1 is 0.952 bits per heavy atom. The molecule has 1 saturated carbocycles. The summed E-state index contributed by atoms with van der Waals surface area (Å²) in [5.74, 6) is 0. The van der Waals surface area contributed by atoms with Gasteiger partial charge in [-0.25, -0.2) is 0 Å². The first-order valence-corrected chi connectivity index (χ1v) is 7.82. The minimum atomic E-state index is -1.04. The second-order valence-electron chi connectivity index (χ2n) is 6.53. The maximum atomic E-state index is 11.6. The first kappa shape index (κ1) is 14.6. The molecular formula is C19H21ClO. The number of aryl methyl sites for hydroxylation is 2. The molecule has 1 fully saturated rings. The lowest BCUT2D eigenvalue weighted by Gasteiger charge is -2.36. The minimum Gasteiger partial charge on any atom is -0.380 e. The van der Waals surface area contributed by atoms with Gasteiger partial charge >= 0.3 is 0 Å². The largest absolute Gasteiger partial charge is 0.380 e. The molecule has 1 nitrogen and oxygen atoms in total. The average molecular weight is 301 g/mol. The van der Waals surface area contributed by atoms with Gasteiger partial charge < -0.3 is 5.11 Å². The number of rotatable bonds is 3. The van der Waals surface area contributed by atoms with Crippen LogP contribution in [0.15, 0.2) is 48.5 Å². The lowest BCUT2D eigenvalue weighted by atomic mass is 9.74. The summed E-state index contributed by atoms with van der Waals surface area (Å²) in [6, 6.07) is 16.2. The molecule has 0 unspecified atom stereocenters. The first-order valence-electron chi connectivity index (χ1n) is 7.39. The van der Waals surface area contributed by atoms with E-state index in [0.29, 0.717) is 0 Å². The van der Waals surface area contributed by atoms with Crippen LogP contribution in [0.5, 0.6) is 0 Å². The second kappa shape index (κ2) is 4.86. The Balaban J connectivity index is 2.16. The normalized spacial score (nSPS) is 24.9. The SMILES string of the molecule is Cc1ccc(C(O)(c2ccc(C)cc2)[C@]2(C)C[C@@H]2Cl)cc1. The molecule has 1 aliphatic rings. The fourth-order valence-electron chi connectivity index (χ4n) is 3.10. The quantitative estimate of drug-likeness (QED) is 0.824. The van der Waals surface area contributed by atoms with Crippen molar-refractivity contribution in [2.45, 2.75) is 38.2 Å². The van der Waals surface area contributed by atoms with Crippen LogP contribution in [0.4, 0.5) is 0 Å². The number of aliphatic hydroxyl groups is 1. The van der Waals surface area contributed by atoms with Gasteiger partial charge in [0.25, 0.3) is 0 Å². The fourth-order valence-corrected chi connectivity index (χ4v) is 3.58. The van der Waals surface area contributed by atoms with Gasteiger partial charge in [-0.05, 0) is 31.4 Å². The van der Waals surface area contributed by atoms with E-state index in [-0.39, 0.29) is 10.8 Å². The van der Waals surface area contributed by atoms with E-state index >= 15 is 0 Å². The number of hydrogen-bond donors (Lipinski definition) is 1. The molecule has 0 bridgehead atoms. The van der Waals surface area contributed by atoms with Crippen LogP contribution in [0.25, 0.3) is 0 Å². The number of halogens is 1. The van der Waals surface area contributed by atoms with E-state index < -0.39 is 5.60 Å². The van der Waals surface area contributed by atoms with Crippen molar-refractivity contribution < 1.29 is 5.11 Å². The van der Waals surface area contributed by atoms with Crippen LogP contribution in [0, 0.1) is 19.3 Å². The molecule has 2 atom stereocenters. The van der Waals surface area contributed by atoms with Crippen molar-refractivity contribution in [3.8, 4) is 0 Å². The highest BCUT2D eigenvalue weighted by molar-refractivity contribution is 6.23. The van der Waals surface area contributed by atoms with Crippen LogP contribution < -0.4 is 0 Å². The Bertz CT molecular complexity index is 599. The molecule has 0 saturated heterocycles. The molecule has 0 amide bonds. The van der Waals surface area contributed by atoms with E-state index in [2.05, 4.69) is 20.8 Å². The Morgan fingerprint density at radius 3 is 1.57 bits per heavy atom. The van der Waals surface area contributed by atoms with Crippen LogP contribution >= 0.6 is 11.6 Å². The minimum absolute atomic E-state index is 0.00473. The zero-order valence-corrected chi connectivity index (χ0v) is 13.5. The molecule has 2 heteroatoms. The van der Waals surface area contributed by atoms with Gasteiger partial charge in [0.15, 0.2) is 0 Å². The molecule has 2 aromatic carbocycles. The van der Waals surface area contributed by atoms with Crippen LogP contribution in [0.1, 0.15) is 35.6 Å². The monoisotopic (exact) mass is 300 g/mol. The lowest BCUT2D eigenvalue weighted by molar-refractivity contribution is 0.0104. The lowest BCUT2D eigenvalue weighted by Crippen LogP contribution is -2.38. The summed E-state index contributed by atoms with van der Waals surface area (Å²) in [4.78, 5) is 0. The molecular weight excluding hydrogens is 280 g/mol. The van der Waals surface area contributed by atoms with Gasteiger partial charge in [0.1, 0.15) is 5.60 Å². The molecule has 0 heterocycles. The first-order chi connectivity index (χ1) is 9.88. The molecule has 0 aliphatic heterocycles.